The third-order valence-corrected chi connectivity index (χ3v) is 6.28. The maximum atomic E-state index is 12.2. The average Bonchev–Trinajstić information content (AvgIpc) is 3.53. The number of nitrogens with two attached hydrogens (primary N) is 3. The van der Waals surface area contributed by atoms with E-state index in [9.17, 15) is 4.79 Å². The molecule has 172 valence electrons. The van der Waals surface area contributed by atoms with E-state index < -0.39 is 5.91 Å². The molecule has 1 saturated carbocycles. The second-order valence-corrected chi connectivity index (χ2v) is 8.48. The first-order valence-corrected chi connectivity index (χ1v) is 11.3. The van der Waals surface area contributed by atoms with Crippen LogP contribution in [0.25, 0.3) is 27.8 Å². The van der Waals surface area contributed by atoms with Crippen molar-refractivity contribution in [3.8, 4) is 22.6 Å². The van der Waals surface area contributed by atoms with Gasteiger partial charge in [0.05, 0.1) is 22.7 Å². The van der Waals surface area contributed by atoms with Gasteiger partial charge in [-0.25, -0.2) is 4.98 Å². The summed E-state index contributed by atoms with van der Waals surface area (Å²) >= 11 is 0. The third kappa shape index (κ3) is 4.05. The van der Waals surface area contributed by atoms with Crippen LogP contribution in [0.3, 0.4) is 0 Å². The van der Waals surface area contributed by atoms with E-state index in [0.29, 0.717) is 11.3 Å². The lowest BCUT2D eigenvalue weighted by Crippen LogP contribution is -2.17. The van der Waals surface area contributed by atoms with E-state index in [4.69, 9.17) is 22.0 Å². The van der Waals surface area contributed by atoms with Crippen molar-refractivity contribution < 1.29 is 9.53 Å². The van der Waals surface area contributed by atoms with Gasteiger partial charge in [0.25, 0.3) is 5.91 Å². The molecule has 0 unspecified atom stereocenters. The number of carbonyl (C=O) groups excluding carboxylic acids is 1. The second kappa shape index (κ2) is 8.90. The maximum absolute atomic E-state index is 12.2. The first-order valence-electron chi connectivity index (χ1n) is 11.3. The van der Waals surface area contributed by atoms with Crippen LogP contribution in [0.2, 0.25) is 0 Å². The number of amidine groups is 1. The van der Waals surface area contributed by atoms with Crippen molar-refractivity contribution in [2.24, 2.45) is 22.4 Å². The minimum Gasteiger partial charge on any atom is -0.490 e. The van der Waals surface area contributed by atoms with E-state index in [1.807, 2.05) is 59.2 Å². The number of aromatic nitrogens is 2. The zero-order valence-corrected chi connectivity index (χ0v) is 18.6. The predicted octanol–water partition coefficient (Wildman–Crippen LogP) is 3.69. The van der Waals surface area contributed by atoms with E-state index in [-0.39, 0.29) is 11.9 Å². The van der Waals surface area contributed by atoms with Crippen LogP contribution in [-0.4, -0.2) is 27.4 Å². The normalized spacial score (nSPS) is 14.5. The highest BCUT2D eigenvalue weighted by atomic mass is 16.5. The summed E-state index contributed by atoms with van der Waals surface area (Å²) in [6.07, 6.45) is 6.22. The number of imidazole rings is 1. The Balaban J connectivity index is 1.52. The predicted molar refractivity (Wildman–Crippen MR) is 133 cm³/mol. The summed E-state index contributed by atoms with van der Waals surface area (Å²) in [7, 11) is 0. The van der Waals surface area contributed by atoms with Crippen LogP contribution in [0, 0.1) is 0 Å². The Hall–Kier alpha value is -4.33. The number of amides is 1. The molecule has 0 saturated heterocycles. The van der Waals surface area contributed by atoms with Crippen molar-refractivity contribution in [1.29, 1.82) is 0 Å². The molecule has 6 N–H and O–H groups in total. The molecular formula is C26H26N6O2. The fourth-order valence-corrected chi connectivity index (χ4v) is 4.47. The van der Waals surface area contributed by atoms with Gasteiger partial charge in [0.2, 0.25) is 0 Å². The number of fused-ring (bicyclic) bond motifs is 1. The molecule has 0 spiro atoms. The molecule has 0 atom stereocenters. The van der Waals surface area contributed by atoms with Crippen LogP contribution in [0.1, 0.15) is 41.6 Å². The van der Waals surface area contributed by atoms with Gasteiger partial charge in [0.15, 0.2) is 0 Å². The Morgan fingerprint density at radius 3 is 2.56 bits per heavy atom. The molecule has 1 aliphatic rings. The van der Waals surface area contributed by atoms with Gasteiger partial charge in [0.1, 0.15) is 17.9 Å². The number of benzene rings is 3. The molecule has 1 fully saturated rings. The molecule has 1 aromatic heterocycles. The highest BCUT2D eigenvalue weighted by Gasteiger charge is 2.20. The van der Waals surface area contributed by atoms with Crippen molar-refractivity contribution >= 4 is 22.8 Å². The Bertz CT molecular complexity index is 1400. The zero-order chi connectivity index (χ0) is 23.7. The third-order valence-electron chi connectivity index (χ3n) is 6.28. The van der Waals surface area contributed by atoms with Crippen LogP contribution in [0.4, 0.5) is 0 Å². The van der Waals surface area contributed by atoms with E-state index in [0.717, 1.165) is 59.1 Å². The summed E-state index contributed by atoms with van der Waals surface area (Å²) in [6, 6.07) is 19.2. The second-order valence-electron chi connectivity index (χ2n) is 8.48. The highest BCUT2D eigenvalue weighted by molar-refractivity contribution is 6.00. The maximum Gasteiger partial charge on any atom is 0.252 e. The van der Waals surface area contributed by atoms with Crippen molar-refractivity contribution in [1.82, 2.24) is 9.55 Å². The number of hydrogen-bond donors (Lipinski definition) is 3. The van der Waals surface area contributed by atoms with E-state index in [2.05, 4.69) is 10.1 Å². The molecular weight excluding hydrogens is 428 g/mol. The zero-order valence-electron chi connectivity index (χ0n) is 18.6. The van der Waals surface area contributed by atoms with Gasteiger partial charge in [-0.15, -0.1) is 0 Å². The molecule has 5 rings (SSSR count). The summed E-state index contributed by atoms with van der Waals surface area (Å²) in [4.78, 5) is 16.7. The lowest BCUT2D eigenvalue weighted by molar-refractivity contribution is 0.0993. The lowest BCUT2D eigenvalue weighted by Gasteiger charge is -2.16. The first kappa shape index (κ1) is 21.5. The summed E-state index contributed by atoms with van der Waals surface area (Å²) in [5.74, 6) is 5.64. The minimum absolute atomic E-state index is 0.144. The lowest BCUT2D eigenvalue weighted by atomic mass is 10.0. The number of nitrogens with zero attached hydrogens (tertiary/aromatic N) is 3. The fourth-order valence-electron chi connectivity index (χ4n) is 4.47. The largest absolute Gasteiger partial charge is 0.490 e. The van der Waals surface area contributed by atoms with Gasteiger partial charge in [-0.2, -0.15) is 5.10 Å². The minimum atomic E-state index is -0.502. The standard InChI is InChI=1S/C26H26N6O2/c27-25(31-29)18-8-10-22-23(14-18)32(15-30-22)19-5-3-4-16(12-19)17-9-11-24(21(13-17)26(28)33)34-20-6-1-2-7-20/h3-5,8-15,20H,1-2,6-7,29H2,(H2,27,31)(H2,28,33). The van der Waals surface area contributed by atoms with Gasteiger partial charge in [-0.05, 0) is 79.3 Å². The molecule has 1 heterocycles. The Morgan fingerprint density at radius 2 is 1.79 bits per heavy atom. The van der Waals surface area contributed by atoms with Crippen molar-refractivity contribution in [3.05, 3.63) is 78.1 Å². The monoisotopic (exact) mass is 454 g/mol. The number of carbonyl (C=O) groups is 1. The Labute approximate surface area is 197 Å². The molecule has 0 aliphatic heterocycles. The Kier molecular flexibility index (Phi) is 5.63. The highest BCUT2D eigenvalue weighted by Crippen LogP contribution is 2.31. The van der Waals surface area contributed by atoms with Gasteiger partial charge in [-0.1, -0.05) is 18.2 Å². The van der Waals surface area contributed by atoms with E-state index in [1.165, 1.54) is 0 Å². The molecule has 8 nitrogen and oxygen atoms in total. The fraction of sp³-hybridized carbons (Fsp3) is 0.192. The molecule has 1 amide bonds. The number of primary amides is 1. The van der Waals surface area contributed by atoms with Crippen molar-refractivity contribution in [2.45, 2.75) is 31.8 Å². The van der Waals surface area contributed by atoms with Crippen LogP contribution in [0.5, 0.6) is 5.75 Å². The molecule has 4 aromatic rings. The van der Waals surface area contributed by atoms with Crippen molar-refractivity contribution in [3.63, 3.8) is 0 Å². The smallest absolute Gasteiger partial charge is 0.252 e. The van der Waals surface area contributed by atoms with Gasteiger partial charge < -0.3 is 22.0 Å². The molecule has 0 bridgehead atoms. The topological polar surface area (TPSA) is 135 Å². The summed E-state index contributed by atoms with van der Waals surface area (Å²) < 4.78 is 8.06. The Morgan fingerprint density at radius 1 is 1.00 bits per heavy atom. The van der Waals surface area contributed by atoms with Gasteiger partial charge in [0, 0.05) is 11.3 Å². The number of ether oxygens (including phenoxy) is 1. The molecule has 8 heteroatoms. The molecule has 34 heavy (non-hydrogen) atoms. The van der Waals surface area contributed by atoms with Crippen molar-refractivity contribution in [2.75, 3.05) is 0 Å². The van der Waals surface area contributed by atoms with E-state index in [1.54, 1.807) is 12.4 Å². The SMILES string of the molecule is N/N=C(\N)c1ccc2ncn(-c3cccc(-c4ccc(OC5CCCC5)c(C(N)=O)c4)c3)c2c1. The molecule has 1 aliphatic carbocycles. The summed E-state index contributed by atoms with van der Waals surface area (Å²) in [5.41, 5.74) is 17.1. The van der Waals surface area contributed by atoms with Crippen LogP contribution in [0.15, 0.2) is 72.1 Å². The molecule has 3 aromatic carbocycles. The van der Waals surface area contributed by atoms with Gasteiger partial charge >= 0.3 is 0 Å². The van der Waals surface area contributed by atoms with Gasteiger partial charge in [-0.3, -0.25) is 9.36 Å². The van der Waals surface area contributed by atoms with Crippen LogP contribution >= 0.6 is 0 Å². The number of hydrazone groups is 1. The number of rotatable bonds is 6. The molecule has 0 radical (unpaired) electrons. The summed E-state index contributed by atoms with van der Waals surface area (Å²) in [5, 5.41) is 3.58. The average molecular weight is 455 g/mol. The summed E-state index contributed by atoms with van der Waals surface area (Å²) in [6.45, 7) is 0. The first-order chi connectivity index (χ1) is 16.5. The quantitative estimate of drug-likeness (QED) is 0.177. The number of hydrogen-bond acceptors (Lipinski definition) is 5. The van der Waals surface area contributed by atoms with Crippen LogP contribution < -0.4 is 22.0 Å². The van der Waals surface area contributed by atoms with Crippen LogP contribution in [-0.2, 0) is 0 Å². The van der Waals surface area contributed by atoms with E-state index >= 15 is 0 Å².